The number of benzene rings is 1. The first-order valence-electron chi connectivity index (χ1n) is 6.90. The lowest BCUT2D eigenvalue weighted by atomic mass is 10.1. The molecule has 3 unspecified atom stereocenters. The van der Waals surface area contributed by atoms with Crippen LogP contribution in [0.2, 0.25) is 0 Å². The molecule has 1 aromatic carbocycles. The Bertz CT molecular complexity index is 384. The summed E-state index contributed by atoms with van der Waals surface area (Å²) in [4.78, 5) is 0. The Kier molecular flexibility index (Phi) is 3.76. The Morgan fingerprint density at radius 3 is 3.00 bits per heavy atom. The molecule has 1 heterocycles. The van der Waals surface area contributed by atoms with Gasteiger partial charge in [-0.3, -0.25) is 0 Å². The van der Waals surface area contributed by atoms with Crippen molar-refractivity contribution in [2.75, 3.05) is 12.4 Å². The number of halogens is 1. The topological polar surface area (TPSA) is 21.3 Å². The first kappa shape index (κ1) is 12.3. The van der Waals surface area contributed by atoms with Gasteiger partial charge in [0.2, 0.25) is 0 Å². The number of nitrogens with one attached hydrogen (secondary N) is 1. The third-order valence-corrected chi connectivity index (χ3v) is 4.58. The van der Waals surface area contributed by atoms with Crippen molar-refractivity contribution >= 4 is 11.6 Å². The van der Waals surface area contributed by atoms with Crippen LogP contribution in [-0.2, 0) is 6.42 Å². The molecule has 0 amide bonds. The van der Waals surface area contributed by atoms with E-state index in [0.29, 0.717) is 18.1 Å². The van der Waals surface area contributed by atoms with Crippen LogP contribution in [0.15, 0.2) is 24.3 Å². The SMILES string of the molecule is ClCC1CCCC1NCC1Cc2ccccc2O1. The molecule has 1 fully saturated rings. The van der Waals surface area contributed by atoms with E-state index in [-0.39, 0.29) is 0 Å². The quantitative estimate of drug-likeness (QED) is 0.845. The molecule has 0 saturated heterocycles. The van der Waals surface area contributed by atoms with Gasteiger partial charge in [0.1, 0.15) is 11.9 Å². The maximum absolute atomic E-state index is 6.00. The summed E-state index contributed by atoms with van der Waals surface area (Å²) in [5, 5.41) is 3.65. The predicted molar refractivity (Wildman–Crippen MR) is 74.4 cm³/mol. The number of hydrogen-bond acceptors (Lipinski definition) is 2. The number of para-hydroxylation sites is 1. The maximum atomic E-state index is 6.00. The molecule has 0 aromatic heterocycles. The number of ether oxygens (including phenoxy) is 1. The molecule has 0 radical (unpaired) electrons. The van der Waals surface area contributed by atoms with Crippen molar-refractivity contribution in [2.45, 2.75) is 37.8 Å². The van der Waals surface area contributed by atoms with Crippen LogP contribution in [0.4, 0.5) is 0 Å². The van der Waals surface area contributed by atoms with Crippen LogP contribution in [-0.4, -0.2) is 24.6 Å². The fourth-order valence-electron chi connectivity index (χ4n) is 3.14. The van der Waals surface area contributed by atoms with Gasteiger partial charge in [0.05, 0.1) is 0 Å². The van der Waals surface area contributed by atoms with Gasteiger partial charge < -0.3 is 10.1 Å². The molecule has 2 aliphatic rings. The van der Waals surface area contributed by atoms with Gasteiger partial charge in [0.25, 0.3) is 0 Å². The molecule has 1 N–H and O–H groups in total. The molecule has 0 bridgehead atoms. The highest BCUT2D eigenvalue weighted by atomic mass is 35.5. The van der Waals surface area contributed by atoms with Gasteiger partial charge in [-0.2, -0.15) is 0 Å². The molecular weight excluding hydrogens is 246 g/mol. The van der Waals surface area contributed by atoms with Crippen LogP contribution >= 0.6 is 11.6 Å². The van der Waals surface area contributed by atoms with Gasteiger partial charge in [-0.15, -0.1) is 11.6 Å². The monoisotopic (exact) mass is 265 g/mol. The molecule has 3 heteroatoms. The van der Waals surface area contributed by atoms with E-state index in [9.17, 15) is 0 Å². The lowest BCUT2D eigenvalue weighted by Gasteiger charge is -2.21. The van der Waals surface area contributed by atoms with Gasteiger partial charge >= 0.3 is 0 Å². The molecule has 1 aliphatic carbocycles. The lowest BCUT2D eigenvalue weighted by molar-refractivity contribution is 0.217. The second-order valence-corrected chi connectivity index (χ2v) is 5.72. The first-order valence-corrected chi connectivity index (χ1v) is 7.44. The standard InChI is InChI=1S/C15H20ClNO/c16-9-12-5-3-6-14(12)17-10-13-8-11-4-1-2-7-15(11)18-13/h1-2,4,7,12-14,17H,3,5-6,8-10H2. The zero-order chi connectivity index (χ0) is 12.4. The fourth-order valence-corrected chi connectivity index (χ4v) is 3.51. The fraction of sp³-hybridized carbons (Fsp3) is 0.600. The van der Waals surface area contributed by atoms with E-state index in [1.807, 2.05) is 6.07 Å². The molecule has 3 atom stereocenters. The Hall–Kier alpha value is -0.730. The van der Waals surface area contributed by atoms with Crippen molar-refractivity contribution in [3.63, 3.8) is 0 Å². The highest BCUT2D eigenvalue weighted by Gasteiger charge is 2.28. The largest absolute Gasteiger partial charge is 0.488 e. The van der Waals surface area contributed by atoms with Crippen molar-refractivity contribution in [3.05, 3.63) is 29.8 Å². The van der Waals surface area contributed by atoms with Gasteiger partial charge in [0, 0.05) is 24.9 Å². The van der Waals surface area contributed by atoms with Gasteiger partial charge in [-0.1, -0.05) is 24.6 Å². The van der Waals surface area contributed by atoms with E-state index >= 15 is 0 Å². The minimum atomic E-state index is 0.291. The van der Waals surface area contributed by atoms with Crippen molar-refractivity contribution in [2.24, 2.45) is 5.92 Å². The van der Waals surface area contributed by atoms with Crippen LogP contribution in [0, 0.1) is 5.92 Å². The second-order valence-electron chi connectivity index (χ2n) is 5.41. The molecule has 18 heavy (non-hydrogen) atoms. The van der Waals surface area contributed by atoms with Crippen LogP contribution in [0.1, 0.15) is 24.8 Å². The molecule has 0 spiro atoms. The lowest BCUT2D eigenvalue weighted by Crippen LogP contribution is -2.39. The van der Waals surface area contributed by atoms with E-state index < -0.39 is 0 Å². The summed E-state index contributed by atoms with van der Waals surface area (Å²) in [7, 11) is 0. The number of hydrogen-bond donors (Lipinski definition) is 1. The average Bonchev–Trinajstić information content (AvgIpc) is 3.01. The van der Waals surface area contributed by atoms with Gasteiger partial charge in [-0.05, 0) is 30.4 Å². The Morgan fingerprint density at radius 2 is 2.17 bits per heavy atom. The van der Waals surface area contributed by atoms with Crippen LogP contribution < -0.4 is 10.1 Å². The summed E-state index contributed by atoms with van der Waals surface area (Å²) in [6.45, 7) is 0.937. The van der Waals surface area contributed by atoms with E-state index in [4.69, 9.17) is 16.3 Å². The smallest absolute Gasteiger partial charge is 0.123 e. The van der Waals surface area contributed by atoms with E-state index in [1.54, 1.807) is 0 Å². The summed E-state index contributed by atoms with van der Waals surface area (Å²) in [5.74, 6) is 2.49. The zero-order valence-corrected chi connectivity index (χ0v) is 11.3. The predicted octanol–water partition coefficient (Wildman–Crippen LogP) is 2.99. The Morgan fingerprint density at radius 1 is 1.28 bits per heavy atom. The summed E-state index contributed by atoms with van der Waals surface area (Å²) in [6, 6.07) is 8.93. The Balaban J connectivity index is 1.51. The van der Waals surface area contributed by atoms with Gasteiger partial charge in [-0.25, -0.2) is 0 Å². The molecule has 1 aliphatic heterocycles. The summed E-state index contributed by atoms with van der Waals surface area (Å²) < 4.78 is 5.94. The average molecular weight is 266 g/mol. The van der Waals surface area contributed by atoms with Crippen LogP contribution in [0.3, 0.4) is 0 Å². The molecule has 98 valence electrons. The van der Waals surface area contributed by atoms with Crippen LogP contribution in [0.5, 0.6) is 5.75 Å². The minimum Gasteiger partial charge on any atom is -0.488 e. The zero-order valence-electron chi connectivity index (χ0n) is 10.6. The molecule has 1 saturated carbocycles. The third-order valence-electron chi connectivity index (χ3n) is 4.18. The van der Waals surface area contributed by atoms with Crippen molar-refractivity contribution in [3.8, 4) is 5.75 Å². The molecule has 3 rings (SSSR count). The normalized spacial score (nSPS) is 30.2. The van der Waals surface area contributed by atoms with Crippen molar-refractivity contribution in [1.29, 1.82) is 0 Å². The number of fused-ring (bicyclic) bond motifs is 1. The summed E-state index contributed by atoms with van der Waals surface area (Å²) in [5.41, 5.74) is 1.34. The maximum Gasteiger partial charge on any atom is 0.123 e. The molecule has 1 aromatic rings. The number of rotatable bonds is 4. The summed E-state index contributed by atoms with van der Waals surface area (Å²) >= 11 is 6.00. The van der Waals surface area contributed by atoms with E-state index in [2.05, 4.69) is 23.5 Å². The first-order chi connectivity index (χ1) is 8.86. The number of alkyl halides is 1. The molecule has 2 nitrogen and oxygen atoms in total. The van der Waals surface area contributed by atoms with E-state index in [0.717, 1.165) is 24.6 Å². The highest BCUT2D eigenvalue weighted by molar-refractivity contribution is 6.18. The second kappa shape index (κ2) is 5.50. The van der Waals surface area contributed by atoms with Gasteiger partial charge in [0.15, 0.2) is 0 Å². The Labute approximate surface area is 114 Å². The third kappa shape index (κ3) is 2.50. The van der Waals surface area contributed by atoms with E-state index in [1.165, 1.54) is 24.8 Å². The highest BCUT2D eigenvalue weighted by Crippen LogP contribution is 2.29. The van der Waals surface area contributed by atoms with Crippen molar-refractivity contribution in [1.82, 2.24) is 5.32 Å². The molecular formula is C15H20ClNO. The summed E-state index contributed by atoms with van der Waals surface area (Å²) in [6.07, 6.45) is 5.16. The van der Waals surface area contributed by atoms with Crippen LogP contribution in [0.25, 0.3) is 0 Å². The minimum absolute atomic E-state index is 0.291. The van der Waals surface area contributed by atoms with Crippen molar-refractivity contribution < 1.29 is 4.74 Å².